The summed E-state index contributed by atoms with van der Waals surface area (Å²) in [5.74, 6) is -0.388. The molecule has 8 nitrogen and oxygen atoms in total. The fourth-order valence-corrected chi connectivity index (χ4v) is 4.80. The van der Waals surface area contributed by atoms with Gasteiger partial charge in [0.05, 0.1) is 26.4 Å². The number of aromatic nitrogens is 2. The summed E-state index contributed by atoms with van der Waals surface area (Å²) >= 11 is 1.15. The fourth-order valence-electron chi connectivity index (χ4n) is 3.76. The van der Waals surface area contributed by atoms with E-state index in [1.165, 1.54) is 24.3 Å². The second kappa shape index (κ2) is 8.96. The van der Waals surface area contributed by atoms with Gasteiger partial charge >= 0.3 is 0 Å². The van der Waals surface area contributed by atoms with Crippen molar-refractivity contribution in [1.29, 1.82) is 0 Å². The van der Waals surface area contributed by atoms with Crippen molar-refractivity contribution in [3.8, 4) is 0 Å². The molecule has 0 aliphatic heterocycles. The number of hydrogen-bond donors (Lipinski definition) is 1. The van der Waals surface area contributed by atoms with Gasteiger partial charge in [0.2, 0.25) is 11.6 Å². The van der Waals surface area contributed by atoms with Gasteiger partial charge in [0.1, 0.15) is 5.00 Å². The Hall–Kier alpha value is -4.63. The summed E-state index contributed by atoms with van der Waals surface area (Å²) in [6, 6.07) is 23.8. The molecule has 0 saturated carbocycles. The number of para-hydroxylation sites is 3. The summed E-state index contributed by atoms with van der Waals surface area (Å²) in [5.41, 5.74) is 2.81. The minimum atomic E-state index is -0.519. The molecule has 2 aromatic heterocycles. The number of nitrogens with one attached hydrogen (secondary N) is 1. The Labute approximate surface area is 203 Å². The van der Waals surface area contributed by atoms with E-state index in [0.29, 0.717) is 26.5 Å². The number of imidazole rings is 1. The largest absolute Gasteiger partial charge is 0.347 e. The molecule has 0 bridgehead atoms. The number of nitro groups is 1. The molecule has 3 aromatic carbocycles. The predicted octanol–water partition coefficient (Wildman–Crippen LogP) is 5.75. The second-order valence-corrected chi connectivity index (χ2v) is 8.84. The molecule has 2 heterocycles. The lowest BCUT2D eigenvalue weighted by Crippen LogP contribution is -2.10. The lowest BCUT2D eigenvalue weighted by Gasteiger charge is -2.07. The van der Waals surface area contributed by atoms with Gasteiger partial charge in [-0.25, -0.2) is 4.98 Å². The van der Waals surface area contributed by atoms with Crippen molar-refractivity contribution in [2.75, 3.05) is 5.32 Å². The molecular weight excluding hydrogens is 464 g/mol. The summed E-state index contributed by atoms with van der Waals surface area (Å²) < 4.78 is 1.74. The Morgan fingerprint density at radius 2 is 1.63 bits per heavy atom. The number of nitrogens with zero attached hydrogens (tertiary/aromatic N) is 3. The highest BCUT2D eigenvalue weighted by Crippen LogP contribution is 2.34. The number of fused-ring (bicyclic) bond motifs is 1. The first-order valence-electron chi connectivity index (χ1n) is 10.6. The molecule has 0 aliphatic carbocycles. The number of ketones is 2. The Bertz CT molecular complexity index is 1590. The van der Waals surface area contributed by atoms with E-state index < -0.39 is 4.92 Å². The first-order valence-corrected chi connectivity index (χ1v) is 11.5. The summed E-state index contributed by atoms with van der Waals surface area (Å²) in [4.78, 5) is 42.1. The normalized spacial score (nSPS) is 10.9. The fraction of sp³-hybridized carbons (Fsp3) is 0.0385. The van der Waals surface area contributed by atoms with Crippen molar-refractivity contribution < 1.29 is 14.5 Å². The highest BCUT2D eigenvalue weighted by molar-refractivity contribution is 7.18. The number of benzene rings is 3. The zero-order chi connectivity index (χ0) is 24.5. The van der Waals surface area contributed by atoms with Gasteiger partial charge in [-0.3, -0.25) is 19.7 Å². The number of non-ortho nitro benzene ring substituents is 1. The number of nitro benzene ring substituents is 1. The first-order chi connectivity index (χ1) is 16.9. The highest BCUT2D eigenvalue weighted by atomic mass is 32.1. The van der Waals surface area contributed by atoms with Crippen LogP contribution >= 0.6 is 11.3 Å². The van der Waals surface area contributed by atoms with E-state index in [1.807, 2.05) is 54.6 Å². The molecule has 0 saturated heterocycles. The zero-order valence-electron chi connectivity index (χ0n) is 18.5. The van der Waals surface area contributed by atoms with Crippen molar-refractivity contribution in [2.24, 2.45) is 7.05 Å². The lowest BCUT2D eigenvalue weighted by molar-refractivity contribution is -0.384. The topological polar surface area (TPSA) is 107 Å². The monoisotopic (exact) mass is 482 g/mol. The standard InChI is InChI=1S/C26H18N4O4S/c1-29-21-10-6-5-9-20(21)28-25(29)24(32)19-15-22(35-26(19)27-17-7-3-2-4-8-17)23(31)16-11-13-18(14-12-16)30(33)34/h2-15,27H,1H3. The van der Waals surface area contributed by atoms with Crippen molar-refractivity contribution in [3.63, 3.8) is 0 Å². The van der Waals surface area contributed by atoms with Crippen LogP contribution in [0.1, 0.15) is 31.4 Å². The van der Waals surface area contributed by atoms with E-state index in [2.05, 4.69) is 10.3 Å². The van der Waals surface area contributed by atoms with Gasteiger partial charge in [0, 0.05) is 30.4 Å². The van der Waals surface area contributed by atoms with Crippen LogP contribution < -0.4 is 5.32 Å². The Morgan fingerprint density at radius 3 is 2.31 bits per heavy atom. The molecule has 0 fully saturated rings. The average Bonchev–Trinajstić information content (AvgIpc) is 3.45. The SMILES string of the molecule is Cn1c(C(=O)c2cc(C(=O)c3ccc([N+](=O)[O-])cc3)sc2Nc2ccccc2)nc2ccccc21. The molecule has 172 valence electrons. The highest BCUT2D eigenvalue weighted by Gasteiger charge is 2.25. The summed E-state index contributed by atoms with van der Waals surface area (Å²) in [6.45, 7) is 0. The third-order valence-corrected chi connectivity index (χ3v) is 6.61. The Balaban J connectivity index is 1.57. The number of thiophene rings is 1. The number of anilines is 2. The van der Waals surface area contributed by atoms with Crippen LogP contribution in [-0.4, -0.2) is 26.0 Å². The minimum absolute atomic E-state index is 0.100. The summed E-state index contributed by atoms with van der Waals surface area (Å²) in [5, 5.41) is 14.7. The van der Waals surface area contributed by atoms with Gasteiger partial charge in [-0.15, -0.1) is 11.3 Å². The molecule has 0 atom stereocenters. The van der Waals surface area contributed by atoms with E-state index >= 15 is 0 Å². The van der Waals surface area contributed by atoms with Gasteiger partial charge in [-0.05, 0) is 42.5 Å². The molecule has 0 amide bonds. The predicted molar refractivity (Wildman–Crippen MR) is 135 cm³/mol. The second-order valence-electron chi connectivity index (χ2n) is 7.79. The summed E-state index contributed by atoms with van der Waals surface area (Å²) in [6.07, 6.45) is 0. The van der Waals surface area contributed by atoms with Crippen molar-refractivity contribution >= 4 is 50.3 Å². The number of carbonyl (C=O) groups excluding carboxylic acids is 2. The van der Waals surface area contributed by atoms with Crippen LogP contribution in [-0.2, 0) is 7.05 Å². The first kappa shape index (κ1) is 22.2. The molecule has 5 rings (SSSR count). The molecule has 35 heavy (non-hydrogen) atoms. The minimum Gasteiger partial charge on any atom is -0.347 e. The van der Waals surface area contributed by atoms with Crippen LogP contribution in [0.25, 0.3) is 11.0 Å². The van der Waals surface area contributed by atoms with E-state index in [4.69, 9.17) is 0 Å². The van der Waals surface area contributed by atoms with E-state index in [-0.39, 0.29) is 23.1 Å². The van der Waals surface area contributed by atoms with Gasteiger partial charge in [0.15, 0.2) is 5.82 Å². The molecule has 0 spiro atoms. The van der Waals surface area contributed by atoms with Crippen molar-refractivity contribution in [1.82, 2.24) is 9.55 Å². The van der Waals surface area contributed by atoms with E-state index in [1.54, 1.807) is 17.7 Å². The maximum atomic E-state index is 13.6. The number of aryl methyl sites for hydroxylation is 1. The maximum Gasteiger partial charge on any atom is 0.269 e. The zero-order valence-corrected chi connectivity index (χ0v) is 19.3. The van der Waals surface area contributed by atoms with Gasteiger partial charge in [0.25, 0.3) is 5.69 Å². The Kier molecular flexibility index (Phi) is 5.68. The number of rotatable bonds is 7. The van der Waals surface area contributed by atoms with E-state index in [9.17, 15) is 19.7 Å². The van der Waals surface area contributed by atoms with Crippen LogP contribution in [0, 0.1) is 10.1 Å². The van der Waals surface area contributed by atoms with Crippen LogP contribution in [0.15, 0.2) is 84.9 Å². The average molecular weight is 483 g/mol. The van der Waals surface area contributed by atoms with Crippen LogP contribution in [0.3, 0.4) is 0 Å². The molecule has 0 radical (unpaired) electrons. The molecule has 1 N–H and O–H groups in total. The van der Waals surface area contributed by atoms with E-state index in [0.717, 1.165) is 22.5 Å². The molecule has 0 aliphatic rings. The van der Waals surface area contributed by atoms with Crippen molar-refractivity contribution in [3.05, 3.63) is 117 Å². The van der Waals surface area contributed by atoms with Crippen LogP contribution in [0.4, 0.5) is 16.4 Å². The van der Waals surface area contributed by atoms with Gasteiger partial charge < -0.3 is 9.88 Å². The van der Waals surface area contributed by atoms with Gasteiger partial charge in [-0.1, -0.05) is 30.3 Å². The maximum absolute atomic E-state index is 13.6. The molecule has 5 aromatic rings. The van der Waals surface area contributed by atoms with Crippen molar-refractivity contribution in [2.45, 2.75) is 0 Å². The third-order valence-electron chi connectivity index (χ3n) is 5.56. The smallest absolute Gasteiger partial charge is 0.269 e. The third kappa shape index (κ3) is 4.20. The molecule has 9 heteroatoms. The van der Waals surface area contributed by atoms with Gasteiger partial charge in [-0.2, -0.15) is 0 Å². The van der Waals surface area contributed by atoms with Crippen LogP contribution in [0.5, 0.6) is 0 Å². The number of carbonyl (C=O) groups is 2. The quantitative estimate of drug-likeness (QED) is 0.180. The summed E-state index contributed by atoms with van der Waals surface area (Å²) in [7, 11) is 1.78. The number of hydrogen-bond acceptors (Lipinski definition) is 7. The Morgan fingerprint density at radius 1 is 0.943 bits per heavy atom. The molecule has 0 unspecified atom stereocenters. The molecular formula is C26H18N4O4S. The van der Waals surface area contributed by atoms with Crippen LogP contribution in [0.2, 0.25) is 0 Å². The lowest BCUT2D eigenvalue weighted by atomic mass is 10.1.